The molecule has 0 aromatic rings. The predicted molar refractivity (Wildman–Crippen MR) is 121 cm³/mol. The number of carbonyl (C=O) groups excluding carboxylic acids is 2. The fourth-order valence-electron chi connectivity index (χ4n) is 6.04. The van der Waals surface area contributed by atoms with Crippen LogP contribution in [0.3, 0.4) is 0 Å². The Morgan fingerprint density at radius 3 is 2.52 bits per heavy atom. The highest BCUT2D eigenvalue weighted by atomic mass is 32.2. The highest BCUT2D eigenvalue weighted by Gasteiger charge is 2.77. The van der Waals surface area contributed by atoms with Crippen molar-refractivity contribution in [2.24, 2.45) is 23.7 Å². The van der Waals surface area contributed by atoms with Crippen LogP contribution in [-0.4, -0.2) is 79.1 Å². The van der Waals surface area contributed by atoms with Crippen LogP contribution in [-0.2, 0) is 14.4 Å². The van der Waals surface area contributed by atoms with Crippen LogP contribution in [0.25, 0.3) is 0 Å². The van der Waals surface area contributed by atoms with Crippen LogP contribution in [0.4, 0.5) is 0 Å². The first kappa shape index (κ1) is 24.1. The van der Waals surface area contributed by atoms with Crippen LogP contribution in [0.5, 0.6) is 0 Å². The van der Waals surface area contributed by atoms with Gasteiger partial charge in [0.05, 0.1) is 29.2 Å². The van der Waals surface area contributed by atoms with Crippen LogP contribution in [0.2, 0.25) is 0 Å². The Morgan fingerprint density at radius 1 is 1.39 bits per heavy atom. The summed E-state index contributed by atoms with van der Waals surface area (Å²) in [6.07, 6.45) is 3.09. The molecule has 2 bridgehead atoms. The Balaban J connectivity index is 2.18. The second kappa shape index (κ2) is 8.77. The quantitative estimate of drug-likeness (QED) is 0.521. The van der Waals surface area contributed by atoms with Crippen molar-refractivity contribution >= 4 is 29.5 Å². The van der Waals surface area contributed by atoms with Gasteiger partial charge in [0.2, 0.25) is 11.8 Å². The molecule has 3 aliphatic rings. The summed E-state index contributed by atoms with van der Waals surface area (Å²) in [4.78, 5) is 43.4. The van der Waals surface area contributed by atoms with Crippen LogP contribution in [0.15, 0.2) is 12.7 Å². The Labute approximate surface area is 189 Å². The van der Waals surface area contributed by atoms with Crippen molar-refractivity contribution in [3.05, 3.63) is 12.7 Å². The van der Waals surface area contributed by atoms with Gasteiger partial charge in [0, 0.05) is 17.8 Å². The molecule has 3 heterocycles. The third-order valence-corrected chi connectivity index (χ3v) is 9.86. The molecule has 0 saturated carbocycles. The molecule has 1 spiro atoms. The zero-order valence-electron chi connectivity index (χ0n) is 19.2. The maximum absolute atomic E-state index is 14.1. The Bertz CT molecular complexity index is 758. The van der Waals surface area contributed by atoms with Gasteiger partial charge in [-0.05, 0) is 32.1 Å². The van der Waals surface area contributed by atoms with E-state index in [2.05, 4.69) is 6.58 Å². The van der Waals surface area contributed by atoms with Gasteiger partial charge in [-0.25, -0.2) is 0 Å². The Morgan fingerprint density at radius 2 is 2.03 bits per heavy atom. The molecule has 31 heavy (non-hydrogen) atoms. The van der Waals surface area contributed by atoms with E-state index in [-0.39, 0.29) is 41.5 Å². The second-order valence-corrected chi connectivity index (χ2v) is 11.2. The van der Waals surface area contributed by atoms with E-state index in [0.717, 1.165) is 6.42 Å². The first-order valence-corrected chi connectivity index (χ1v) is 12.2. The van der Waals surface area contributed by atoms with E-state index in [1.807, 2.05) is 34.6 Å². The average molecular weight is 453 g/mol. The molecular formula is C23H36N2O5S. The summed E-state index contributed by atoms with van der Waals surface area (Å²) >= 11 is 1.53. The lowest BCUT2D eigenvalue weighted by atomic mass is 9.66. The number of carboxylic acids is 1. The fraction of sp³-hybridized carbons (Fsp3) is 0.783. The summed E-state index contributed by atoms with van der Waals surface area (Å²) in [7, 11) is 0. The van der Waals surface area contributed by atoms with Gasteiger partial charge in [0.15, 0.2) is 0 Å². The van der Waals surface area contributed by atoms with Gasteiger partial charge >= 0.3 is 5.97 Å². The minimum absolute atomic E-state index is 0.0211. The van der Waals surface area contributed by atoms with Gasteiger partial charge in [0.25, 0.3) is 0 Å². The topological polar surface area (TPSA) is 98.2 Å². The zero-order chi connectivity index (χ0) is 23.2. The van der Waals surface area contributed by atoms with E-state index in [0.29, 0.717) is 13.0 Å². The number of hydrogen-bond donors (Lipinski definition) is 2. The van der Waals surface area contributed by atoms with Crippen LogP contribution < -0.4 is 0 Å². The van der Waals surface area contributed by atoms with Gasteiger partial charge in [-0.2, -0.15) is 0 Å². The lowest BCUT2D eigenvalue weighted by molar-refractivity contribution is -0.150. The summed E-state index contributed by atoms with van der Waals surface area (Å²) in [5.41, 5.74) is 0. The van der Waals surface area contributed by atoms with Crippen molar-refractivity contribution < 1.29 is 24.6 Å². The van der Waals surface area contributed by atoms with Crippen molar-refractivity contribution in [1.82, 2.24) is 9.80 Å². The smallest absolute Gasteiger partial charge is 0.308 e. The Kier molecular flexibility index (Phi) is 6.82. The fourth-order valence-corrected chi connectivity index (χ4v) is 8.44. The molecule has 3 saturated heterocycles. The molecule has 3 aliphatic heterocycles. The number of thioether (sulfide) groups is 1. The van der Waals surface area contributed by atoms with Gasteiger partial charge in [-0.3, -0.25) is 14.4 Å². The molecule has 2 N–H and O–H groups in total. The van der Waals surface area contributed by atoms with Crippen LogP contribution >= 0.6 is 11.8 Å². The van der Waals surface area contributed by atoms with Crippen molar-refractivity contribution in [2.45, 2.75) is 75.6 Å². The number of nitrogens with zero attached hydrogens (tertiary/aromatic N) is 2. The zero-order valence-corrected chi connectivity index (χ0v) is 20.0. The molecule has 2 amide bonds. The lowest BCUT2D eigenvalue weighted by Crippen LogP contribution is -2.60. The molecule has 0 aromatic heterocycles. The maximum Gasteiger partial charge on any atom is 0.308 e. The normalized spacial score (nSPS) is 35.9. The predicted octanol–water partition coefficient (Wildman–Crippen LogP) is 2.24. The first-order chi connectivity index (χ1) is 14.6. The number of rotatable bonds is 9. The molecule has 0 aromatic carbocycles. The van der Waals surface area contributed by atoms with E-state index in [9.17, 15) is 24.6 Å². The maximum atomic E-state index is 14.1. The monoisotopic (exact) mass is 452 g/mol. The SMILES string of the molecule is C=CCN(C(=O)C1N([C@@H](CO)[C@@H](C)CC)C(=O)[C@@H]2[C@@H](C(=O)O)[C@H]3CC(C)C12S3)C(C)C. The number of likely N-dealkylation sites (tertiary alicyclic amines) is 1. The molecular weight excluding hydrogens is 416 g/mol. The van der Waals surface area contributed by atoms with Gasteiger partial charge in [-0.15, -0.1) is 18.3 Å². The first-order valence-electron chi connectivity index (χ1n) is 11.3. The molecule has 3 rings (SSSR count). The highest BCUT2D eigenvalue weighted by molar-refractivity contribution is 8.02. The number of carbonyl (C=O) groups is 3. The van der Waals surface area contributed by atoms with Crippen molar-refractivity contribution in [3.63, 3.8) is 0 Å². The molecule has 174 valence electrons. The molecule has 0 radical (unpaired) electrons. The van der Waals surface area contributed by atoms with E-state index >= 15 is 0 Å². The minimum atomic E-state index is -0.964. The Hall–Kier alpha value is -1.54. The van der Waals surface area contributed by atoms with Crippen molar-refractivity contribution in [1.29, 1.82) is 0 Å². The summed E-state index contributed by atoms with van der Waals surface area (Å²) in [5.74, 6) is -2.95. The van der Waals surface area contributed by atoms with Crippen LogP contribution in [0.1, 0.15) is 47.5 Å². The second-order valence-electron chi connectivity index (χ2n) is 9.64. The number of aliphatic hydroxyl groups is 1. The summed E-state index contributed by atoms with van der Waals surface area (Å²) in [5, 5.41) is 20.1. The molecule has 3 unspecified atom stereocenters. The van der Waals surface area contributed by atoms with E-state index in [1.54, 1.807) is 15.9 Å². The van der Waals surface area contributed by atoms with E-state index in [1.165, 1.54) is 11.8 Å². The number of aliphatic hydroxyl groups excluding tert-OH is 1. The van der Waals surface area contributed by atoms with E-state index < -0.39 is 34.6 Å². The summed E-state index contributed by atoms with van der Waals surface area (Å²) < 4.78 is -0.781. The number of carboxylic acid groups (broad SMARTS) is 1. The van der Waals surface area contributed by atoms with Gasteiger partial charge < -0.3 is 20.0 Å². The molecule has 0 aliphatic carbocycles. The lowest BCUT2D eigenvalue weighted by Gasteiger charge is -2.43. The minimum Gasteiger partial charge on any atom is -0.481 e. The van der Waals surface area contributed by atoms with Crippen molar-refractivity contribution in [2.75, 3.05) is 13.2 Å². The van der Waals surface area contributed by atoms with Crippen LogP contribution in [0, 0.1) is 23.7 Å². The van der Waals surface area contributed by atoms with Crippen molar-refractivity contribution in [3.8, 4) is 0 Å². The number of amides is 2. The number of hydrogen-bond acceptors (Lipinski definition) is 5. The summed E-state index contributed by atoms with van der Waals surface area (Å²) in [6, 6.07) is -1.40. The molecule has 8 heteroatoms. The summed E-state index contributed by atoms with van der Waals surface area (Å²) in [6.45, 7) is 13.7. The largest absolute Gasteiger partial charge is 0.481 e. The molecule has 7 nitrogen and oxygen atoms in total. The number of aliphatic carboxylic acids is 1. The highest BCUT2D eigenvalue weighted by Crippen LogP contribution is 2.69. The average Bonchev–Trinajstić information content (AvgIpc) is 3.30. The molecule has 8 atom stereocenters. The van der Waals surface area contributed by atoms with Gasteiger partial charge in [0.1, 0.15) is 6.04 Å². The molecule has 3 fully saturated rings. The van der Waals surface area contributed by atoms with E-state index in [4.69, 9.17) is 0 Å². The third kappa shape index (κ3) is 3.41. The number of fused-ring (bicyclic) bond motifs is 1. The third-order valence-electron chi connectivity index (χ3n) is 7.78. The standard InChI is InChI=1S/C23H36N2O5S/c1-7-9-24(12(3)4)21(28)19-23-14(6)10-16(31-23)17(22(29)30)18(23)20(27)25(19)15(11-26)13(5)8-2/h7,12-19,26H,1,8-11H2,2-6H3,(H,29,30)/t13-,14?,15-,16+,17-,18-,19?,23?/m0/s1. The van der Waals surface area contributed by atoms with Gasteiger partial charge in [-0.1, -0.05) is 33.3 Å².